The molecule has 1 aromatic rings. The first-order valence-corrected chi connectivity index (χ1v) is 5.93. The third-order valence-corrected chi connectivity index (χ3v) is 3.33. The van der Waals surface area contributed by atoms with Crippen molar-refractivity contribution < 1.29 is 0 Å². The zero-order valence-electron chi connectivity index (χ0n) is 9.55. The molecule has 84 valence electrons. The van der Waals surface area contributed by atoms with Crippen LogP contribution in [-0.2, 0) is 13.5 Å². The van der Waals surface area contributed by atoms with Crippen LogP contribution in [0.1, 0.15) is 17.8 Å². The van der Waals surface area contributed by atoms with Crippen LogP contribution in [0.4, 0.5) is 0 Å². The summed E-state index contributed by atoms with van der Waals surface area (Å²) in [7, 11) is 3.95. The first-order valence-electron chi connectivity index (χ1n) is 5.14. The number of aromatic nitrogens is 2. The summed E-state index contributed by atoms with van der Waals surface area (Å²) in [4.78, 5) is 0. The van der Waals surface area contributed by atoms with Gasteiger partial charge >= 0.3 is 0 Å². The lowest BCUT2D eigenvalue weighted by molar-refractivity contribution is 0.718. The number of halogens is 1. The average molecular weight is 272 g/mol. The van der Waals surface area contributed by atoms with Crippen LogP contribution in [0.3, 0.4) is 0 Å². The van der Waals surface area contributed by atoms with Gasteiger partial charge in [-0.15, -0.1) is 0 Å². The lowest BCUT2D eigenvalue weighted by atomic mass is 10.2. The van der Waals surface area contributed by atoms with E-state index in [-0.39, 0.29) is 0 Å². The smallest absolute Gasteiger partial charge is 0.0738 e. The molecule has 1 rings (SSSR count). The summed E-state index contributed by atoms with van der Waals surface area (Å²) in [6, 6.07) is 0. The number of hydrogen-bond donors (Lipinski definition) is 1. The van der Waals surface area contributed by atoms with Gasteiger partial charge < -0.3 is 5.32 Å². The normalized spacial score (nSPS) is 11.5. The molecule has 15 heavy (non-hydrogen) atoms. The van der Waals surface area contributed by atoms with Gasteiger partial charge in [-0.05, 0) is 42.9 Å². The number of rotatable bonds is 5. The van der Waals surface area contributed by atoms with Crippen LogP contribution in [0.25, 0.3) is 0 Å². The fourth-order valence-electron chi connectivity index (χ4n) is 1.44. The van der Waals surface area contributed by atoms with Gasteiger partial charge in [-0.1, -0.05) is 12.2 Å². The van der Waals surface area contributed by atoms with Gasteiger partial charge in [-0.3, -0.25) is 4.68 Å². The van der Waals surface area contributed by atoms with Gasteiger partial charge in [0.1, 0.15) is 0 Å². The second-order valence-electron chi connectivity index (χ2n) is 3.54. The van der Waals surface area contributed by atoms with E-state index in [1.807, 2.05) is 25.7 Å². The van der Waals surface area contributed by atoms with Crippen LogP contribution in [0, 0.1) is 6.92 Å². The van der Waals surface area contributed by atoms with Crippen LogP contribution in [-0.4, -0.2) is 23.4 Å². The van der Waals surface area contributed by atoms with Crippen molar-refractivity contribution in [2.75, 3.05) is 13.6 Å². The monoisotopic (exact) mass is 271 g/mol. The summed E-state index contributed by atoms with van der Waals surface area (Å²) in [5.41, 5.74) is 2.28. The summed E-state index contributed by atoms with van der Waals surface area (Å²) >= 11 is 3.55. The first kappa shape index (κ1) is 12.5. The van der Waals surface area contributed by atoms with Crippen molar-refractivity contribution in [1.29, 1.82) is 0 Å². The maximum Gasteiger partial charge on any atom is 0.0738 e. The van der Waals surface area contributed by atoms with E-state index >= 15 is 0 Å². The molecule has 0 aromatic carbocycles. The molecule has 0 saturated carbocycles. The summed E-state index contributed by atoms with van der Waals surface area (Å²) < 4.78 is 3.06. The molecule has 0 saturated heterocycles. The van der Waals surface area contributed by atoms with E-state index in [0.29, 0.717) is 0 Å². The van der Waals surface area contributed by atoms with E-state index in [0.717, 1.165) is 29.6 Å². The Morgan fingerprint density at radius 2 is 2.20 bits per heavy atom. The van der Waals surface area contributed by atoms with Crippen molar-refractivity contribution >= 4 is 15.9 Å². The minimum Gasteiger partial charge on any atom is -0.319 e. The van der Waals surface area contributed by atoms with E-state index in [2.05, 4.69) is 38.5 Å². The Labute approximate surface area is 99.7 Å². The minimum atomic E-state index is 0.932. The highest BCUT2D eigenvalue weighted by atomic mass is 79.9. The number of nitrogens with zero attached hydrogens (tertiary/aromatic N) is 2. The Morgan fingerprint density at radius 3 is 2.73 bits per heavy atom. The van der Waals surface area contributed by atoms with Crippen molar-refractivity contribution in [1.82, 2.24) is 15.1 Å². The molecule has 0 unspecified atom stereocenters. The quantitative estimate of drug-likeness (QED) is 0.658. The van der Waals surface area contributed by atoms with Crippen molar-refractivity contribution in [3.63, 3.8) is 0 Å². The third kappa shape index (κ3) is 3.47. The van der Waals surface area contributed by atoms with Gasteiger partial charge in [0.2, 0.25) is 0 Å². The van der Waals surface area contributed by atoms with Crippen LogP contribution in [0.15, 0.2) is 16.6 Å². The minimum absolute atomic E-state index is 0.932. The fourth-order valence-corrected chi connectivity index (χ4v) is 1.94. The molecule has 0 fully saturated rings. The lowest BCUT2D eigenvalue weighted by Gasteiger charge is -1.98. The number of nitrogens with one attached hydrogen (secondary N) is 1. The number of hydrogen-bond acceptors (Lipinski definition) is 2. The largest absolute Gasteiger partial charge is 0.319 e. The highest BCUT2D eigenvalue weighted by Crippen LogP contribution is 2.20. The number of allylic oxidation sites excluding steroid dienone is 1. The molecule has 0 amide bonds. The second-order valence-corrected chi connectivity index (χ2v) is 4.33. The zero-order valence-corrected chi connectivity index (χ0v) is 11.1. The molecule has 1 aromatic heterocycles. The van der Waals surface area contributed by atoms with Crippen molar-refractivity contribution in [3.05, 3.63) is 28.0 Å². The van der Waals surface area contributed by atoms with E-state index in [4.69, 9.17) is 0 Å². The van der Waals surface area contributed by atoms with E-state index in [9.17, 15) is 0 Å². The molecule has 1 N–H and O–H groups in total. The van der Waals surface area contributed by atoms with E-state index in [1.165, 1.54) is 5.69 Å². The Bertz CT molecular complexity index is 342. The van der Waals surface area contributed by atoms with Gasteiger partial charge in [-0.2, -0.15) is 5.10 Å². The van der Waals surface area contributed by atoms with Crippen molar-refractivity contribution in [2.45, 2.75) is 19.8 Å². The summed E-state index contributed by atoms with van der Waals surface area (Å²) in [6.07, 6.45) is 6.40. The first-order chi connectivity index (χ1) is 7.16. The van der Waals surface area contributed by atoms with Crippen LogP contribution < -0.4 is 5.32 Å². The maximum atomic E-state index is 4.35. The Hall–Kier alpha value is -0.610. The third-order valence-electron chi connectivity index (χ3n) is 2.30. The zero-order chi connectivity index (χ0) is 11.3. The highest BCUT2D eigenvalue weighted by Gasteiger charge is 2.07. The summed E-state index contributed by atoms with van der Waals surface area (Å²) in [6.45, 7) is 3.04. The van der Waals surface area contributed by atoms with Crippen molar-refractivity contribution in [3.8, 4) is 0 Å². The molecule has 4 heteroatoms. The second kappa shape index (κ2) is 6.08. The van der Waals surface area contributed by atoms with Gasteiger partial charge in [-0.25, -0.2) is 0 Å². The summed E-state index contributed by atoms with van der Waals surface area (Å²) in [5.74, 6) is 0. The molecular formula is C11H18BrN3. The average Bonchev–Trinajstić information content (AvgIpc) is 2.44. The molecule has 0 atom stereocenters. The van der Waals surface area contributed by atoms with Gasteiger partial charge in [0.05, 0.1) is 15.9 Å². The molecule has 0 bridgehead atoms. The Morgan fingerprint density at radius 1 is 1.47 bits per heavy atom. The molecule has 0 aliphatic heterocycles. The predicted molar refractivity (Wildman–Crippen MR) is 67.0 cm³/mol. The van der Waals surface area contributed by atoms with Gasteiger partial charge in [0, 0.05) is 13.5 Å². The molecule has 0 aliphatic carbocycles. The molecular weight excluding hydrogens is 254 g/mol. The van der Waals surface area contributed by atoms with Gasteiger partial charge in [0.25, 0.3) is 0 Å². The topological polar surface area (TPSA) is 29.9 Å². The highest BCUT2D eigenvalue weighted by molar-refractivity contribution is 9.10. The lowest BCUT2D eigenvalue weighted by Crippen LogP contribution is -2.05. The van der Waals surface area contributed by atoms with Gasteiger partial charge in [0.15, 0.2) is 0 Å². The van der Waals surface area contributed by atoms with Crippen LogP contribution in [0.2, 0.25) is 0 Å². The molecule has 0 spiro atoms. The molecule has 0 radical (unpaired) electrons. The Kier molecular flexibility index (Phi) is 5.05. The molecule has 3 nitrogen and oxygen atoms in total. The number of aryl methyl sites for hydroxylation is 2. The SMILES string of the molecule is CNCCC=CCc1c(Br)c(C)nn1C. The summed E-state index contributed by atoms with van der Waals surface area (Å²) in [5, 5.41) is 7.46. The predicted octanol–water partition coefficient (Wildman–Crippen LogP) is 2.20. The van der Waals surface area contributed by atoms with Crippen LogP contribution in [0.5, 0.6) is 0 Å². The molecule has 0 aliphatic rings. The maximum absolute atomic E-state index is 4.35. The van der Waals surface area contributed by atoms with Crippen LogP contribution >= 0.6 is 15.9 Å². The van der Waals surface area contributed by atoms with Crippen molar-refractivity contribution in [2.24, 2.45) is 7.05 Å². The Balaban J connectivity index is 2.53. The molecule has 1 heterocycles. The standard InChI is InChI=1S/C11H18BrN3/c1-9-11(12)10(15(3)14-9)7-5-4-6-8-13-2/h4-5,13H,6-8H2,1-3H3. The van der Waals surface area contributed by atoms with E-state index in [1.54, 1.807) is 0 Å². The fraction of sp³-hybridized carbons (Fsp3) is 0.545. The van der Waals surface area contributed by atoms with E-state index < -0.39 is 0 Å².